The summed E-state index contributed by atoms with van der Waals surface area (Å²) >= 11 is 0. The van der Waals surface area contributed by atoms with Gasteiger partial charge in [-0.15, -0.1) is 0 Å². The lowest BCUT2D eigenvalue weighted by molar-refractivity contribution is -0.153. The van der Waals surface area contributed by atoms with Gasteiger partial charge in [-0.1, -0.05) is 18.9 Å². The van der Waals surface area contributed by atoms with Crippen molar-refractivity contribution >= 4 is 5.97 Å². The van der Waals surface area contributed by atoms with E-state index in [1.807, 2.05) is 12.1 Å². The first-order valence-corrected chi connectivity index (χ1v) is 6.91. The van der Waals surface area contributed by atoms with Gasteiger partial charge in [-0.05, 0) is 24.8 Å². The molecule has 1 saturated carbocycles. The van der Waals surface area contributed by atoms with Gasteiger partial charge in [0.2, 0.25) is 5.88 Å². The van der Waals surface area contributed by atoms with Gasteiger partial charge < -0.3 is 15.2 Å². The van der Waals surface area contributed by atoms with Crippen LogP contribution >= 0.6 is 0 Å². The number of hydrogen-bond acceptors (Lipinski definition) is 5. The van der Waals surface area contributed by atoms with Gasteiger partial charge in [-0.3, -0.25) is 4.79 Å². The molecule has 1 aliphatic carbocycles. The van der Waals surface area contributed by atoms with Crippen LogP contribution in [0.5, 0.6) is 5.88 Å². The molecule has 1 aromatic heterocycles. The first-order chi connectivity index (χ1) is 9.65. The van der Waals surface area contributed by atoms with Crippen molar-refractivity contribution in [2.75, 3.05) is 20.8 Å². The van der Waals surface area contributed by atoms with Crippen LogP contribution in [-0.2, 0) is 16.0 Å². The summed E-state index contributed by atoms with van der Waals surface area (Å²) in [5.74, 6) is 0.892. The predicted molar refractivity (Wildman–Crippen MR) is 75.3 cm³/mol. The van der Waals surface area contributed by atoms with Crippen LogP contribution in [0.3, 0.4) is 0 Å². The van der Waals surface area contributed by atoms with Gasteiger partial charge in [0, 0.05) is 18.3 Å². The topological polar surface area (TPSA) is 74.4 Å². The lowest BCUT2D eigenvalue weighted by Gasteiger charge is -2.30. The van der Waals surface area contributed by atoms with E-state index >= 15 is 0 Å². The molecule has 110 valence electrons. The zero-order valence-electron chi connectivity index (χ0n) is 12.1. The van der Waals surface area contributed by atoms with Gasteiger partial charge in [0.25, 0.3) is 0 Å². The number of nitrogens with two attached hydrogens (primary N) is 1. The number of rotatable bonds is 7. The van der Waals surface area contributed by atoms with E-state index in [0.717, 1.165) is 12.0 Å². The zero-order chi connectivity index (χ0) is 14.6. The molecule has 0 amide bonds. The summed E-state index contributed by atoms with van der Waals surface area (Å²) in [4.78, 5) is 16.4. The van der Waals surface area contributed by atoms with Gasteiger partial charge in [-0.25, -0.2) is 4.98 Å². The summed E-state index contributed by atoms with van der Waals surface area (Å²) in [6.45, 7) is 0.272. The number of ether oxygens (including phenoxy) is 2. The molecule has 0 aliphatic heterocycles. The molecule has 1 aromatic rings. The van der Waals surface area contributed by atoms with Crippen molar-refractivity contribution in [2.24, 2.45) is 17.1 Å². The fourth-order valence-electron chi connectivity index (χ4n) is 2.66. The van der Waals surface area contributed by atoms with Crippen molar-refractivity contribution in [3.8, 4) is 5.88 Å². The van der Waals surface area contributed by atoms with E-state index < -0.39 is 5.41 Å². The van der Waals surface area contributed by atoms with E-state index in [4.69, 9.17) is 15.2 Å². The van der Waals surface area contributed by atoms with Crippen molar-refractivity contribution < 1.29 is 14.3 Å². The maximum absolute atomic E-state index is 12.3. The molecule has 1 atom stereocenters. The van der Waals surface area contributed by atoms with Crippen LogP contribution in [0.25, 0.3) is 0 Å². The number of carbonyl (C=O) groups is 1. The minimum atomic E-state index is -0.674. The fourth-order valence-corrected chi connectivity index (χ4v) is 2.66. The number of pyridine rings is 1. The Kier molecular flexibility index (Phi) is 4.60. The molecule has 0 bridgehead atoms. The Morgan fingerprint density at radius 3 is 2.80 bits per heavy atom. The van der Waals surface area contributed by atoms with Gasteiger partial charge >= 0.3 is 5.97 Å². The Hall–Kier alpha value is -1.62. The maximum atomic E-state index is 12.3. The predicted octanol–water partition coefficient (Wildman–Crippen LogP) is 1.55. The number of carbonyl (C=O) groups excluding carboxylic acids is 1. The lowest BCUT2D eigenvalue weighted by Crippen LogP contribution is -2.42. The third-order valence-corrected chi connectivity index (χ3v) is 3.96. The van der Waals surface area contributed by atoms with Gasteiger partial charge in [0.1, 0.15) is 0 Å². The molecule has 0 radical (unpaired) electrons. The minimum Gasteiger partial charge on any atom is -0.481 e. The van der Waals surface area contributed by atoms with E-state index in [2.05, 4.69) is 4.98 Å². The average Bonchev–Trinajstić information content (AvgIpc) is 3.30. The second-order valence-corrected chi connectivity index (χ2v) is 5.47. The van der Waals surface area contributed by atoms with Crippen molar-refractivity contribution in [3.05, 3.63) is 23.9 Å². The molecule has 2 N–H and O–H groups in total. The molecule has 0 aromatic carbocycles. The molecule has 2 rings (SSSR count). The van der Waals surface area contributed by atoms with E-state index in [0.29, 0.717) is 18.2 Å². The Labute approximate surface area is 119 Å². The quantitative estimate of drug-likeness (QED) is 0.766. The van der Waals surface area contributed by atoms with Crippen LogP contribution in [0, 0.1) is 11.3 Å². The highest BCUT2D eigenvalue weighted by Crippen LogP contribution is 2.43. The molecule has 1 fully saturated rings. The number of hydrogen-bond donors (Lipinski definition) is 1. The summed E-state index contributed by atoms with van der Waals surface area (Å²) in [5.41, 5.74) is 6.16. The summed E-state index contributed by atoms with van der Waals surface area (Å²) in [6.07, 6.45) is 5.29. The zero-order valence-corrected chi connectivity index (χ0v) is 12.1. The first-order valence-electron chi connectivity index (χ1n) is 6.91. The summed E-state index contributed by atoms with van der Waals surface area (Å²) < 4.78 is 10.3. The highest BCUT2D eigenvalue weighted by molar-refractivity contribution is 5.77. The van der Waals surface area contributed by atoms with Crippen LogP contribution < -0.4 is 10.5 Å². The summed E-state index contributed by atoms with van der Waals surface area (Å²) in [5, 5.41) is 0. The third-order valence-electron chi connectivity index (χ3n) is 3.96. The molecule has 0 spiro atoms. The van der Waals surface area contributed by atoms with E-state index in [-0.39, 0.29) is 12.5 Å². The smallest absolute Gasteiger partial charge is 0.313 e. The van der Waals surface area contributed by atoms with Crippen LogP contribution in [0.4, 0.5) is 0 Å². The molecule has 20 heavy (non-hydrogen) atoms. The van der Waals surface area contributed by atoms with Crippen LogP contribution in [0.15, 0.2) is 18.3 Å². The third kappa shape index (κ3) is 3.10. The molecular formula is C15H22N2O3. The van der Waals surface area contributed by atoms with Crippen molar-refractivity contribution in [1.82, 2.24) is 4.98 Å². The molecule has 5 heteroatoms. The van der Waals surface area contributed by atoms with E-state index in [9.17, 15) is 4.79 Å². The maximum Gasteiger partial charge on any atom is 0.313 e. The highest BCUT2D eigenvalue weighted by atomic mass is 16.5. The summed E-state index contributed by atoms with van der Waals surface area (Å²) in [7, 11) is 3.00. The minimum absolute atomic E-state index is 0.238. The number of aromatic nitrogens is 1. The number of methoxy groups -OCH3 is 2. The molecular weight excluding hydrogens is 256 g/mol. The lowest BCUT2D eigenvalue weighted by atomic mass is 9.77. The standard InChI is InChI=1S/C15H22N2O3/c1-19-13-12(4-3-7-17-13)9-15(10-16,14(18)20-2)8-11-5-6-11/h3-4,7,11H,5-6,8-10,16H2,1-2H3. The molecule has 1 heterocycles. The van der Waals surface area contributed by atoms with Crippen molar-refractivity contribution in [1.29, 1.82) is 0 Å². The second-order valence-electron chi connectivity index (χ2n) is 5.47. The number of nitrogens with zero attached hydrogens (tertiary/aromatic N) is 1. The molecule has 5 nitrogen and oxygen atoms in total. The Morgan fingerprint density at radius 2 is 2.25 bits per heavy atom. The Bertz CT molecular complexity index is 474. The van der Waals surface area contributed by atoms with Gasteiger partial charge in [0.15, 0.2) is 0 Å². The first kappa shape index (κ1) is 14.8. The fraction of sp³-hybridized carbons (Fsp3) is 0.600. The number of esters is 1. The molecule has 1 aliphatic rings. The SMILES string of the molecule is COC(=O)C(CN)(Cc1cccnc1OC)CC1CC1. The average molecular weight is 278 g/mol. The van der Waals surface area contributed by atoms with Crippen LogP contribution in [0.1, 0.15) is 24.8 Å². The second kappa shape index (κ2) is 6.22. The Balaban J connectivity index is 2.27. The van der Waals surface area contributed by atoms with Crippen LogP contribution in [0.2, 0.25) is 0 Å². The Morgan fingerprint density at radius 1 is 1.50 bits per heavy atom. The molecule has 0 saturated heterocycles. The highest BCUT2D eigenvalue weighted by Gasteiger charge is 2.43. The van der Waals surface area contributed by atoms with Crippen molar-refractivity contribution in [2.45, 2.75) is 25.7 Å². The summed E-state index contributed by atoms with van der Waals surface area (Å²) in [6, 6.07) is 3.76. The monoisotopic (exact) mass is 278 g/mol. The van der Waals surface area contributed by atoms with E-state index in [1.165, 1.54) is 20.0 Å². The van der Waals surface area contributed by atoms with E-state index in [1.54, 1.807) is 13.3 Å². The van der Waals surface area contributed by atoms with Gasteiger partial charge in [-0.2, -0.15) is 0 Å². The molecule has 1 unspecified atom stereocenters. The van der Waals surface area contributed by atoms with Crippen molar-refractivity contribution in [3.63, 3.8) is 0 Å². The van der Waals surface area contributed by atoms with Gasteiger partial charge in [0.05, 0.1) is 19.6 Å². The normalized spacial score (nSPS) is 17.4. The van der Waals surface area contributed by atoms with Crippen LogP contribution in [-0.4, -0.2) is 31.7 Å². The largest absolute Gasteiger partial charge is 0.481 e.